The highest BCUT2D eigenvalue weighted by Crippen LogP contribution is 2.32. The summed E-state index contributed by atoms with van der Waals surface area (Å²) in [7, 11) is 0. The van der Waals surface area contributed by atoms with Crippen LogP contribution in [0.15, 0.2) is 0 Å². The summed E-state index contributed by atoms with van der Waals surface area (Å²) in [5.41, 5.74) is 0. The van der Waals surface area contributed by atoms with Gasteiger partial charge in [-0.1, -0.05) is 71.1 Å². The highest BCUT2D eigenvalue weighted by atomic mass is 35.5. The van der Waals surface area contributed by atoms with Crippen LogP contribution in [0, 0.1) is 5.92 Å². The number of halogens is 1. The normalized spacial score (nSPS) is 25.1. The van der Waals surface area contributed by atoms with Crippen molar-refractivity contribution in [3.63, 3.8) is 0 Å². The number of alkyl halides is 1. The van der Waals surface area contributed by atoms with Crippen molar-refractivity contribution in [1.82, 2.24) is 0 Å². The van der Waals surface area contributed by atoms with Crippen molar-refractivity contribution in [2.24, 2.45) is 5.92 Å². The van der Waals surface area contributed by atoms with Gasteiger partial charge in [0.25, 0.3) is 0 Å². The molecular formula is C16H31Cl. The maximum absolute atomic E-state index is 6.38. The van der Waals surface area contributed by atoms with Gasteiger partial charge in [-0.3, -0.25) is 0 Å². The molecule has 1 aliphatic carbocycles. The Hall–Kier alpha value is 0.290. The Morgan fingerprint density at radius 1 is 0.824 bits per heavy atom. The Labute approximate surface area is 114 Å². The fourth-order valence-corrected chi connectivity index (χ4v) is 3.43. The van der Waals surface area contributed by atoms with E-state index in [2.05, 4.69) is 6.92 Å². The highest BCUT2D eigenvalue weighted by Gasteiger charge is 2.22. The molecule has 1 rings (SSSR count). The van der Waals surface area contributed by atoms with Crippen molar-refractivity contribution in [2.45, 2.75) is 95.8 Å². The fraction of sp³-hybridized carbons (Fsp3) is 1.00. The topological polar surface area (TPSA) is 0 Å². The van der Waals surface area contributed by atoms with E-state index in [0.29, 0.717) is 5.38 Å². The van der Waals surface area contributed by atoms with E-state index in [1.165, 1.54) is 83.5 Å². The van der Waals surface area contributed by atoms with E-state index in [0.717, 1.165) is 5.92 Å². The Morgan fingerprint density at radius 3 is 2.06 bits per heavy atom. The maximum Gasteiger partial charge on any atom is 0.0364 e. The predicted octanol–water partition coefficient (Wildman–Crippen LogP) is 6.31. The average molecular weight is 259 g/mol. The van der Waals surface area contributed by atoms with Crippen molar-refractivity contribution in [3.05, 3.63) is 0 Å². The van der Waals surface area contributed by atoms with E-state index >= 15 is 0 Å². The summed E-state index contributed by atoms with van der Waals surface area (Å²) < 4.78 is 0. The summed E-state index contributed by atoms with van der Waals surface area (Å²) in [5, 5.41) is 0.494. The molecule has 0 aromatic carbocycles. The van der Waals surface area contributed by atoms with Gasteiger partial charge in [-0.2, -0.15) is 0 Å². The molecule has 102 valence electrons. The minimum Gasteiger partial charge on any atom is -0.123 e. The van der Waals surface area contributed by atoms with Gasteiger partial charge in [0.1, 0.15) is 0 Å². The first kappa shape index (κ1) is 15.3. The lowest BCUT2D eigenvalue weighted by Crippen LogP contribution is -2.19. The lowest BCUT2D eigenvalue weighted by atomic mass is 9.85. The van der Waals surface area contributed by atoms with Crippen molar-refractivity contribution < 1.29 is 0 Å². The van der Waals surface area contributed by atoms with Crippen LogP contribution in [-0.2, 0) is 0 Å². The molecule has 0 radical (unpaired) electrons. The van der Waals surface area contributed by atoms with Crippen LogP contribution in [0.25, 0.3) is 0 Å². The number of hydrogen-bond donors (Lipinski definition) is 0. The Balaban J connectivity index is 1.86. The molecule has 0 amide bonds. The van der Waals surface area contributed by atoms with Gasteiger partial charge in [-0.25, -0.2) is 0 Å². The minimum absolute atomic E-state index is 0.494. The summed E-state index contributed by atoms with van der Waals surface area (Å²) in [4.78, 5) is 0. The Morgan fingerprint density at radius 2 is 1.41 bits per heavy atom. The van der Waals surface area contributed by atoms with Gasteiger partial charge in [0.15, 0.2) is 0 Å². The van der Waals surface area contributed by atoms with E-state index in [-0.39, 0.29) is 0 Å². The van der Waals surface area contributed by atoms with Crippen molar-refractivity contribution in [3.8, 4) is 0 Å². The van der Waals surface area contributed by atoms with E-state index in [1.54, 1.807) is 0 Å². The first-order valence-electron chi connectivity index (χ1n) is 7.98. The first-order valence-corrected chi connectivity index (χ1v) is 8.42. The molecule has 0 bridgehead atoms. The second-order valence-electron chi connectivity index (χ2n) is 5.82. The molecule has 0 aromatic rings. The Bertz CT molecular complexity index is 167. The lowest BCUT2D eigenvalue weighted by Gasteiger charge is -2.26. The van der Waals surface area contributed by atoms with Crippen molar-refractivity contribution in [1.29, 1.82) is 0 Å². The van der Waals surface area contributed by atoms with Gasteiger partial charge in [0.2, 0.25) is 0 Å². The summed E-state index contributed by atoms with van der Waals surface area (Å²) in [5.74, 6) is 0.838. The van der Waals surface area contributed by atoms with Gasteiger partial charge in [-0.05, 0) is 25.2 Å². The summed E-state index contributed by atoms with van der Waals surface area (Å²) in [6, 6.07) is 0. The molecule has 0 heterocycles. The van der Waals surface area contributed by atoms with E-state index < -0.39 is 0 Å². The standard InChI is InChI=1S/C16H31Cl/c1-2-3-4-5-6-7-8-9-12-15-13-10-11-14-16(15)17/h15-16H,2-14H2,1H3. The van der Waals surface area contributed by atoms with Crippen LogP contribution in [0.5, 0.6) is 0 Å². The molecule has 1 heteroatoms. The zero-order valence-electron chi connectivity index (χ0n) is 11.7. The Kier molecular flexibility index (Phi) is 9.24. The summed E-state index contributed by atoms with van der Waals surface area (Å²) in [6.45, 7) is 2.28. The quantitative estimate of drug-likeness (QED) is 0.336. The second-order valence-corrected chi connectivity index (χ2v) is 6.38. The molecule has 1 aliphatic rings. The molecule has 1 fully saturated rings. The van der Waals surface area contributed by atoms with Crippen LogP contribution in [0.3, 0.4) is 0 Å². The van der Waals surface area contributed by atoms with Crippen LogP contribution < -0.4 is 0 Å². The first-order chi connectivity index (χ1) is 8.34. The minimum atomic E-state index is 0.494. The third-order valence-corrected chi connectivity index (χ3v) is 4.82. The molecule has 0 nitrogen and oxygen atoms in total. The molecule has 0 spiro atoms. The molecular weight excluding hydrogens is 228 g/mol. The molecule has 0 saturated heterocycles. The summed E-state index contributed by atoms with van der Waals surface area (Å²) >= 11 is 6.38. The number of unbranched alkanes of at least 4 members (excludes halogenated alkanes) is 7. The maximum atomic E-state index is 6.38. The molecule has 0 N–H and O–H groups in total. The van der Waals surface area contributed by atoms with E-state index in [9.17, 15) is 0 Å². The molecule has 17 heavy (non-hydrogen) atoms. The number of rotatable bonds is 9. The van der Waals surface area contributed by atoms with Gasteiger partial charge in [0.05, 0.1) is 0 Å². The van der Waals surface area contributed by atoms with Crippen LogP contribution in [0.2, 0.25) is 0 Å². The van der Waals surface area contributed by atoms with Gasteiger partial charge in [-0.15, -0.1) is 11.6 Å². The third kappa shape index (κ3) is 7.34. The van der Waals surface area contributed by atoms with Crippen molar-refractivity contribution in [2.75, 3.05) is 0 Å². The zero-order chi connectivity index (χ0) is 12.3. The van der Waals surface area contributed by atoms with Crippen LogP contribution in [0.1, 0.15) is 90.4 Å². The average Bonchev–Trinajstić information content (AvgIpc) is 2.35. The van der Waals surface area contributed by atoms with Gasteiger partial charge in [0, 0.05) is 5.38 Å². The highest BCUT2D eigenvalue weighted by molar-refractivity contribution is 6.20. The van der Waals surface area contributed by atoms with Gasteiger partial charge >= 0.3 is 0 Å². The largest absolute Gasteiger partial charge is 0.123 e. The monoisotopic (exact) mass is 258 g/mol. The van der Waals surface area contributed by atoms with Crippen LogP contribution in [-0.4, -0.2) is 5.38 Å². The van der Waals surface area contributed by atoms with Crippen molar-refractivity contribution >= 4 is 11.6 Å². The van der Waals surface area contributed by atoms with Crippen LogP contribution >= 0.6 is 11.6 Å². The molecule has 0 aromatic heterocycles. The second kappa shape index (κ2) is 10.2. The van der Waals surface area contributed by atoms with Crippen LogP contribution in [0.4, 0.5) is 0 Å². The predicted molar refractivity (Wildman–Crippen MR) is 78.8 cm³/mol. The van der Waals surface area contributed by atoms with E-state index in [4.69, 9.17) is 11.6 Å². The zero-order valence-corrected chi connectivity index (χ0v) is 12.5. The third-order valence-electron chi connectivity index (χ3n) is 4.24. The molecule has 2 unspecified atom stereocenters. The molecule has 2 atom stereocenters. The smallest absolute Gasteiger partial charge is 0.0364 e. The SMILES string of the molecule is CCCCCCCCCCC1CCCCC1Cl. The lowest BCUT2D eigenvalue weighted by molar-refractivity contribution is 0.334. The fourth-order valence-electron chi connectivity index (χ4n) is 3.03. The summed E-state index contributed by atoms with van der Waals surface area (Å²) in [6.07, 6.45) is 18.3. The van der Waals surface area contributed by atoms with Gasteiger partial charge < -0.3 is 0 Å². The molecule has 0 aliphatic heterocycles. The number of hydrogen-bond acceptors (Lipinski definition) is 0. The molecule has 1 saturated carbocycles. The van der Waals surface area contributed by atoms with E-state index in [1.807, 2.05) is 0 Å².